The summed E-state index contributed by atoms with van der Waals surface area (Å²) in [5.74, 6) is -2.64. The molecule has 2 aromatic heterocycles. The number of amides is 1. The molecule has 0 unspecified atom stereocenters. The molecular formula is C17H18N2O7S2. The average Bonchev–Trinajstić information content (AvgIpc) is 3.26. The normalized spacial score (nSPS) is 10.2. The van der Waals surface area contributed by atoms with E-state index in [0.717, 1.165) is 23.3 Å². The summed E-state index contributed by atoms with van der Waals surface area (Å²) in [5.41, 5.74) is 5.83. The van der Waals surface area contributed by atoms with E-state index in [1.54, 1.807) is 12.1 Å². The van der Waals surface area contributed by atoms with Crippen molar-refractivity contribution in [3.05, 3.63) is 37.9 Å². The van der Waals surface area contributed by atoms with Crippen LogP contribution in [-0.4, -0.2) is 44.6 Å². The first-order valence-electron chi connectivity index (χ1n) is 7.86. The molecule has 0 fully saturated rings. The van der Waals surface area contributed by atoms with Gasteiger partial charge in [-0.25, -0.2) is 9.59 Å². The average molecular weight is 426 g/mol. The van der Waals surface area contributed by atoms with Crippen LogP contribution in [0.2, 0.25) is 0 Å². The Balaban J connectivity index is 2.06. The van der Waals surface area contributed by atoms with Crippen LogP contribution in [0.1, 0.15) is 40.1 Å². The molecule has 0 saturated heterocycles. The smallest absolute Gasteiger partial charge is 0.348 e. The van der Waals surface area contributed by atoms with Gasteiger partial charge in [0, 0.05) is 10.4 Å². The zero-order valence-electron chi connectivity index (χ0n) is 15.3. The third-order valence-corrected chi connectivity index (χ3v) is 5.57. The van der Waals surface area contributed by atoms with Crippen LogP contribution in [0.25, 0.3) is 0 Å². The quantitative estimate of drug-likeness (QED) is 0.505. The van der Waals surface area contributed by atoms with Gasteiger partial charge in [-0.3, -0.25) is 9.59 Å². The van der Waals surface area contributed by atoms with Crippen LogP contribution < -0.4 is 11.1 Å². The highest BCUT2D eigenvalue weighted by molar-refractivity contribution is 7.18. The number of anilines is 1. The molecule has 2 aromatic rings. The first-order valence-corrected chi connectivity index (χ1v) is 9.49. The summed E-state index contributed by atoms with van der Waals surface area (Å²) in [4.78, 5) is 49.3. The molecule has 150 valence electrons. The van der Waals surface area contributed by atoms with Gasteiger partial charge >= 0.3 is 17.9 Å². The Hall–Kier alpha value is -2.92. The number of carbonyl (C=O) groups is 4. The number of nitrogen functional groups attached to an aromatic ring is 1. The van der Waals surface area contributed by atoms with Crippen LogP contribution in [0, 0.1) is 6.92 Å². The van der Waals surface area contributed by atoms with Crippen molar-refractivity contribution >= 4 is 51.5 Å². The SMILES string of the molecule is COC(=O)c1sc(N)c(C(=O)OC)c1COC(=O)CNC(=O)c1ccc(C)s1. The summed E-state index contributed by atoms with van der Waals surface area (Å²) in [5, 5.41) is 2.48. The number of nitrogens with one attached hydrogen (secondary N) is 1. The van der Waals surface area contributed by atoms with E-state index < -0.39 is 30.4 Å². The van der Waals surface area contributed by atoms with Gasteiger partial charge in [0.2, 0.25) is 0 Å². The number of hydrogen-bond donors (Lipinski definition) is 2. The Kier molecular flexibility index (Phi) is 7.12. The van der Waals surface area contributed by atoms with Gasteiger partial charge in [0.15, 0.2) is 0 Å². The first kappa shape index (κ1) is 21.4. The third-order valence-electron chi connectivity index (χ3n) is 3.53. The maximum atomic E-state index is 12.0. The van der Waals surface area contributed by atoms with E-state index in [2.05, 4.69) is 14.8 Å². The van der Waals surface area contributed by atoms with Crippen LogP contribution >= 0.6 is 22.7 Å². The standard InChI is InChI=1S/C17H18N2O7S2/c1-8-4-5-10(27-8)15(21)19-6-11(20)26-7-9-12(16(22)24-2)14(18)28-13(9)17(23)25-3/h4-5H,6-7,18H2,1-3H3,(H,19,21). The molecule has 2 rings (SSSR count). The van der Waals surface area contributed by atoms with Gasteiger partial charge in [-0.05, 0) is 19.1 Å². The zero-order chi connectivity index (χ0) is 20.8. The van der Waals surface area contributed by atoms with Gasteiger partial charge in [-0.15, -0.1) is 22.7 Å². The fraction of sp³-hybridized carbons (Fsp3) is 0.294. The Bertz CT molecular complexity index is 917. The van der Waals surface area contributed by atoms with Crippen LogP contribution in [0.3, 0.4) is 0 Å². The van der Waals surface area contributed by atoms with Gasteiger partial charge in [-0.2, -0.15) is 0 Å². The highest BCUT2D eigenvalue weighted by Crippen LogP contribution is 2.33. The summed E-state index contributed by atoms with van der Waals surface area (Å²) in [6.07, 6.45) is 0. The van der Waals surface area contributed by atoms with Crippen molar-refractivity contribution in [1.82, 2.24) is 5.32 Å². The van der Waals surface area contributed by atoms with Gasteiger partial charge < -0.3 is 25.3 Å². The van der Waals surface area contributed by atoms with E-state index in [1.807, 2.05) is 6.92 Å². The molecule has 2 heterocycles. The minimum absolute atomic E-state index is 0.0336. The number of thiophene rings is 2. The number of rotatable bonds is 7. The molecule has 0 radical (unpaired) electrons. The number of esters is 3. The summed E-state index contributed by atoms with van der Waals surface area (Å²) >= 11 is 2.13. The fourth-order valence-electron chi connectivity index (χ4n) is 2.21. The maximum absolute atomic E-state index is 12.0. The highest BCUT2D eigenvalue weighted by Gasteiger charge is 2.28. The molecule has 9 nitrogen and oxygen atoms in total. The van der Waals surface area contributed by atoms with Gasteiger partial charge in [0.1, 0.15) is 28.6 Å². The molecule has 0 saturated carbocycles. The van der Waals surface area contributed by atoms with Crippen LogP contribution in [0.15, 0.2) is 12.1 Å². The third kappa shape index (κ3) is 4.87. The topological polar surface area (TPSA) is 134 Å². The van der Waals surface area contributed by atoms with Crippen molar-refractivity contribution in [1.29, 1.82) is 0 Å². The largest absolute Gasteiger partial charge is 0.465 e. The van der Waals surface area contributed by atoms with E-state index in [-0.39, 0.29) is 27.5 Å². The van der Waals surface area contributed by atoms with Crippen molar-refractivity contribution in [2.75, 3.05) is 26.5 Å². The number of nitrogens with two attached hydrogens (primary N) is 1. The van der Waals surface area contributed by atoms with Crippen molar-refractivity contribution in [2.24, 2.45) is 0 Å². The Morgan fingerprint density at radius 2 is 1.75 bits per heavy atom. The molecule has 0 aromatic carbocycles. The molecule has 1 amide bonds. The lowest BCUT2D eigenvalue weighted by Crippen LogP contribution is -2.30. The molecule has 3 N–H and O–H groups in total. The summed E-state index contributed by atoms with van der Waals surface area (Å²) in [6.45, 7) is 1.08. The predicted molar refractivity (Wildman–Crippen MR) is 103 cm³/mol. The van der Waals surface area contributed by atoms with Crippen LogP contribution in [0.5, 0.6) is 0 Å². The molecular weight excluding hydrogens is 408 g/mol. The summed E-state index contributed by atoms with van der Waals surface area (Å²) in [6, 6.07) is 3.45. The van der Waals surface area contributed by atoms with Crippen LogP contribution in [0.4, 0.5) is 5.00 Å². The van der Waals surface area contributed by atoms with Gasteiger partial charge in [0.25, 0.3) is 5.91 Å². The Morgan fingerprint density at radius 1 is 1.07 bits per heavy atom. The van der Waals surface area contributed by atoms with E-state index in [1.165, 1.54) is 18.4 Å². The lowest BCUT2D eigenvalue weighted by Gasteiger charge is -2.08. The molecule has 0 aliphatic carbocycles. The van der Waals surface area contributed by atoms with Gasteiger partial charge in [0.05, 0.1) is 19.1 Å². The number of hydrogen-bond acceptors (Lipinski definition) is 10. The molecule has 0 atom stereocenters. The van der Waals surface area contributed by atoms with E-state index in [4.69, 9.17) is 10.5 Å². The number of carbonyl (C=O) groups excluding carboxylic acids is 4. The van der Waals surface area contributed by atoms with E-state index >= 15 is 0 Å². The minimum atomic E-state index is -0.767. The second kappa shape index (κ2) is 9.33. The lowest BCUT2D eigenvalue weighted by molar-refractivity contribution is -0.143. The highest BCUT2D eigenvalue weighted by atomic mass is 32.1. The van der Waals surface area contributed by atoms with E-state index in [9.17, 15) is 19.2 Å². The number of ether oxygens (including phenoxy) is 3. The second-order valence-electron chi connectivity index (χ2n) is 5.39. The lowest BCUT2D eigenvalue weighted by atomic mass is 10.1. The van der Waals surface area contributed by atoms with Crippen molar-refractivity contribution < 1.29 is 33.4 Å². The summed E-state index contributed by atoms with van der Waals surface area (Å²) < 4.78 is 14.4. The monoisotopic (exact) mass is 426 g/mol. The number of aryl methyl sites for hydroxylation is 1. The second-order valence-corrected chi connectivity index (χ2v) is 7.73. The van der Waals surface area contributed by atoms with Crippen molar-refractivity contribution in [2.45, 2.75) is 13.5 Å². The molecule has 0 bridgehead atoms. The van der Waals surface area contributed by atoms with Crippen LogP contribution in [-0.2, 0) is 25.6 Å². The molecule has 0 aliphatic heterocycles. The zero-order valence-corrected chi connectivity index (χ0v) is 17.0. The fourth-order valence-corrected chi connectivity index (χ4v) is 3.97. The van der Waals surface area contributed by atoms with Crippen molar-refractivity contribution in [3.63, 3.8) is 0 Å². The van der Waals surface area contributed by atoms with E-state index in [0.29, 0.717) is 4.88 Å². The molecule has 0 spiro atoms. The van der Waals surface area contributed by atoms with Gasteiger partial charge in [-0.1, -0.05) is 0 Å². The minimum Gasteiger partial charge on any atom is -0.465 e. The molecule has 11 heteroatoms. The Labute approximate surface area is 168 Å². The van der Waals surface area contributed by atoms with Crippen molar-refractivity contribution in [3.8, 4) is 0 Å². The first-order chi connectivity index (χ1) is 13.3. The Morgan fingerprint density at radius 3 is 2.32 bits per heavy atom. The summed E-state index contributed by atoms with van der Waals surface area (Å²) in [7, 11) is 2.34. The number of methoxy groups -OCH3 is 2. The molecule has 28 heavy (non-hydrogen) atoms. The maximum Gasteiger partial charge on any atom is 0.348 e. The predicted octanol–water partition coefficient (Wildman–Crippen LogP) is 1.75. The molecule has 0 aliphatic rings.